The van der Waals surface area contributed by atoms with Gasteiger partial charge in [-0.3, -0.25) is 9.78 Å². The van der Waals surface area contributed by atoms with Gasteiger partial charge in [0.05, 0.1) is 0 Å². The van der Waals surface area contributed by atoms with Gasteiger partial charge in [-0.15, -0.1) is 0 Å². The van der Waals surface area contributed by atoms with Gasteiger partial charge in [0.2, 0.25) is 5.91 Å². The van der Waals surface area contributed by atoms with Crippen molar-refractivity contribution in [3.05, 3.63) is 30.1 Å². The predicted octanol–water partition coefficient (Wildman–Crippen LogP) is 3.74. The topological polar surface area (TPSA) is 42.0 Å². The molecule has 1 aromatic rings. The highest BCUT2D eigenvalue weighted by Gasteiger charge is 2.01. The minimum atomic E-state index is 0.149. The SMILES string of the molecule is CC(C)CCCCCCNC(=O)CCc1cccnc1. The predicted molar refractivity (Wildman–Crippen MR) is 83.5 cm³/mol. The summed E-state index contributed by atoms with van der Waals surface area (Å²) in [6, 6.07) is 3.92. The number of nitrogens with zero attached hydrogens (tertiary/aromatic N) is 1. The van der Waals surface area contributed by atoms with Crippen LogP contribution in [0.3, 0.4) is 0 Å². The Balaban J connectivity index is 1.95. The van der Waals surface area contributed by atoms with Crippen molar-refractivity contribution in [1.82, 2.24) is 10.3 Å². The highest BCUT2D eigenvalue weighted by Crippen LogP contribution is 2.09. The van der Waals surface area contributed by atoms with E-state index in [1.54, 1.807) is 6.20 Å². The van der Waals surface area contributed by atoms with Crippen molar-refractivity contribution >= 4 is 5.91 Å². The molecule has 1 heterocycles. The normalized spacial score (nSPS) is 10.8. The van der Waals surface area contributed by atoms with Crippen molar-refractivity contribution < 1.29 is 4.79 Å². The molecule has 3 heteroatoms. The van der Waals surface area contributed by atoms with E-state index < -0.39 is 0 Å². The summed E-state index contributed by atoms with van der Waals surface area (Å²) in [6.07, 6.45) is 11.1. The average Bonchev–Trinajstić information content (AvgIpc) is 2.45. The van der Waals surface area contributed by atoms with Gasteiger partial charge >= 0.3 is 0 Å². The maximum atomic E-state index is 11.7. The Bertz CT molecular complexity index is 363. The van der Waals surface area contributed by atoms with Gasteiger partial charge < -0.3 is 5.32 Å². The Hall–Kier alpha value is -1.38. The number of hydrogen-bond donors (Lipinski definition) is 1. The van der Waals surface area contributed by atoms with Gasteiger partial charge in [0.15, 0.2) is 0 Å². The maximum Gasteiger partial charge on any atom is 0.220 e. The van der Waals surface area contributed by atoms with Crippen LogP contribution in [0.1, 0.15) is 57.9 Å². The van der Waals surface area contributed by atoms with Crippen LogP contribution < -0.4 is 5.32 Å². The van der Waals surface area contributed by atoms with E-state index in [0.29, 0.717) is 6.42 Å². The molecule has 0 atom stereocenters. The summed E-state index contributed by atoms with van der Waals surface area (Å²) in [7, 11) is 0. The van der Waals surface area contributed by atoms with Crippen LogP contribution in [-0.2, 0) is 11.2 Å². The molecular weight excluding hydrogens is 248 g/mol. The van der Waals surface area contributed by atoms with Crippen molar-refractivity contribution in [1.29, 1.82) is 0 Å². The molecule has 112 valence electrons. The first kappa shape index (κ1) is 16.7. The third kappa shape index (κ3) is 8.68. The minimum Gasteiger partial charge on any atom is -0.356 e. The number of amides is 1. The summed E-state index contributed by atoms with van der Waals surface area (Å²) < 4.78 is 0. The largest absolute Gasteiger partial charge is 0.356 e. The van der Waals surface area contributed by atoms with Gasteiger partial charge in [-0.05, 0) is 30.4 Å². The molecule has 0 aliphatic carbocycles. The Morgan fingerprint density at radius 2 is 2.05 bits per heavy atom. The third-order valence-corrected chi connectivity index (χ3v) is 3.39. The monoisotopic (exact) mass is 276 g/mol. The fraction of sp³-hybridized carbons (Fsp3) is 0.647. The summed E-state index contributed by atoms with van der Waals surface area (Å²) in [5.74, 6) is 0.957. The van der Waals surface area contributed by atoms with Gasteiger partial charge in [0, 0.05) is 25.4 Å². The van der Waals surface area contributed by atoms with Crippen molar-refractivity contribution in [2.75, 3.05) is 6.54 Å². The molecule has 0 radical (unpaired) electrons. The number of carbonyl (C=O) groups is 1. The van der Waals surface area contributed by atoms with E-state index in [1.165, 1.54) is 25.7 Å². The molecule has 1 N–H and O–H groups in total. The molecule has 0 aliphatic rings. The second kappa shape index (κ2) is 10.4. The van der Waals surface area contributed by atoms with Crippen molar-refractivity contribution in [2.24, 2.45) is 5.92 Å². The van der Waals surface area contributed by atoms with Crippen LogP contribution >= 0.6 is 0 Å². The first-order chi connectivity index (χ1) is 9.68. The van der Waals surface area contributed by atoms with E-state index in [4.69, 9.17) is 0 Å². The highest BCUT2D eigenvalue weighted by molar-refractivity contribution is 5.76. The van der Waals surface area contributed by atoms with Crippen LogP contribution in [0.15, 0.2) is 24.5 Å². The number of unbranched alkanes of at least 4 members (excludes halogenated alkanes) is 3. The molecule has 1 rings (SSSR count). The molecule has 0 aliphatic heterocycles. The lowest BCUT2D eigenvalue weighted by atomic mass is 10.0. The molecule has 0 unspecified atom stereocenters. The molecule has 0 spiro atoms. The van der Waals surface area contributed by atoms with E-state index in [9.17, 15) is 4.79 Å². The molecule has 0 bridgehead atoms. The minimum absolute atomic E-state index is 0.149. The van der Waals surface area contributed by atoms with E-state index in [-0.39, 0.29) is 5.91 Å². The molecule has 3 nitrogen and oxygen atoms in total. The van der Waals surface area contributed by atoms with Gasteiger partial charge in [0.25, 0.3) is 0 Å². The van der Waals surface area contributed by atoms with Gasteiger partial charge in [-0.2, -0.15) is 0 Å². The molecule has 1 aromatic heterocycles. The Labute approximate surface area is 123 Å². The summed E-state index contributed by atoms with van der Waals surface area (Å²) >= 11 is 0. The first-order valence-corrected chi connectivity index (χ1v) is 7.84. The van der Waals surface area contributed by atoms with Gasteiger partial charge in [-0.25, -0.2) is 0 Å². The zero-order valence-electron chi connectivity index (χ0n) is 12.9. The zero-order valence-corrected chi connectivity index (χ0v) is 12.9. The summed E-state index contributed by atoms with van der Waals surface area (Å²) in [5, 5.41) is 2.99. The van der Waals surface area contributed by atoms with Crippen LogP contribution in [0.5, 0.6) is 0 Å². The summed E-state index contributed by atoms with van der Waals surface area (Å²) in [6.45, 7) is 5.35. The Morgan fingerprint density at radius 3 is 2.75 bits per heavy atom. The first-order valence-electron chi connectivity index (χ1n) is 7.84. The lowest BCUT2D eigenvalue weighted by molar-refractivity contribution is -0.121. The zero-order chi connectivity index (χ0) is 14.6. The van der Waals surface area contributed by atoms with Gasteiger partial charge in [-0.1, -0.05) is 45.6 Å². The summed E-state index contributed by atoms with van der Waals surface area (Å²) in [5.41, 5.74) is 1.12. The number of aryl methyl sites for hydroxylation is 1. The molecular formula is C17H28N2O. The number of aromatic nitrogens is 1. The lowest BCUT2D eigenvalue weighted by Gasteiger charge is -2.06. The average molecular weight is 276 g/mol. The maximum absolute atomic E-state index is 11.7. The van der Waals surface area contributed by atoms with Crippen LogP contribution in [0, 0.1) is 5.92 Å². The van der Waals surface area contributed by atoms with Crippen LogP contribution in [0.25, 0.3) is 0 Å². The molecule has 1 amide bonds. The van der Waals surface area contributed by atoms with Crippen molar-refractivity contribution in [3.8, 4) is 0 Å². The van der Waals surface area contributed by atoms with E-state index in [0.717, 1.165) is 30.9 Å². The quantitative estimate of drug-likeness (QED) is 0.661. The van der Waals surface area contributed by atoms with Gasteiger partial charge in [0.1, 0.15) is 0 Å². The van der Waals surface area contributed by atoms with E-state index in [1.807, 2.05) is 18.3 Å². The number of hydrogen-bond acceptors (Lipinski definition) is 2. The van der Waals surface area contributed by atoms with Crippen molar-refractivity contribution in [2.45, 2.75) is 58.8 Å². The second-order valence-corrected chi connectivity index (χ2v) is 5.81. The molecule has 0 saturated heterocycles. The number of pyridine rings is 1. The van der Waals surface area contributed by atoms with Crippen molar-refractivity contribution in [3.63, 3.8) is 0 Å². The Morgan fingerprint density at radius 1 is 1.25 bits per heavy atom. The fourth-order valence-electron chi connectivity index (χ4n) is 2.15. The van der Waals surface area contributed by atoms with Crippen LogP contribution in [-0.4, -0.2) is 17.4 Å². The number of nitrogens with one attached hydrogen (secondary N) is 1. The molecule has 0 aromatic carbocycles. The number of carbonyl (C=O) groups excluding carboxylic acids is 1. The number of rotatable bonds is 10. The molecule has 0 fully saturated rings. The second-order valence-electron chi connectivity index (χ2n) is 5.81. The highest BCUT2D eigenvalue weighted by atomic mass is 16.1. The van der Waals surface area contributed by atoms with Crippen LogP contribution in [0.2, 0.25) is 0 Å². The summed E-state index contributed by atoms with van der Waals surface area (Å²) in [4.78, 5) is 15.7. The van der Waals surface area contributed by atoms with Crippen LogP contribution in [0.4, 0.5) is 0 Å². The third-order valence-electron chi connectivity index (χ3n) is 3.39. The lowest BCUT2D eigenvalue weighted by Crippen LogP contribution is -2.24. The standard InChI is InChI=1S/C17H28N2O/c1-15(2)8-5-3-4-6-13-19-17(20)11-10-16-9-7-12-18-14-16/h7,9,12,14-15H,3-6,8,10-11,13H2,1-2H3,(H,19,20). The molecule has 20 heavy (non-hydrogen) atoms. The molecule has 0 saturated carbocycles. The fourth-order valence-corrected chi connectivity index (χ4v) is 2.15. The van der Waals surface area contributed by atoms with E-state index >= 15 is 0 Å². The van der Waals surface area contributed by atoms with E-state index in [2.05, 4.69) is 24.1 Å². The Kier molecular flexibility index (Phi) is 8.68. The smallest absolute Gasteiger partial charge is 0.220 e.